The van der Waals surface area contributed by atoms with Crippen LogP contribution in [0.1, 0.15) is 0 Å². The molecule has 1 aliphatic rings. The van der Waals surface area contributed by atoms with Gasteiger partial charge in [0.2, 0.25) is 0 Å². The van der Waals surface area contributed by atoms with Crippen LogP contribution in [0.15, 0.2) is 84.9 Å². The Morgan fingerprint density at radius 2 is 0.923 bits per heavy atom. The quantitative estimate of drug-likeness (QED) is 0.726. The molecule has 0 fully saturated rings. The summed E-state index contributed by atoms with van der Waals surface area (Å²) >= 11 is 0. The van der Waals surface area contributed by atoms with Crippen LogP contribution in [-0.2, 0) is 9.59 Å². The number of para-hydroxylation sites is 4. The molecule has 2 amide bonds. The van der Waals surface area contributed by atoms with Crippen LogP contribution in [0.5, 0.6) is 0 Å². The number of carbonyl (C=O) groups is 2. The maximum atomic E-state index is 13.0. The van der Waals surface area contributed by atoms with E-state index in [1.807, 2.05) is 84.9 Å². The van der Waals surface area contributed by atoms with E-state index in [0.717, 1.165) is 0 Å². The first-order valence-electron chi connectivity index (χ1n) is 8.31. The van der Waals surface area contributed by atoms with Gasteiger partial charge in [-0.2, -0.15) is 0 Å². The molecule has 26 heavy (non-hydrogen) atoms. The van der Waals surface area contributed by atoms with Gasteiger partial charge in [-0.3, -0.25) is 19.4 Å². The van der Waals surface area contributed by atoms with E-state index in [9.17, 15) is 9.59 Å². The summed E-state index contributed by atoms with van der Waals surface area (Å²) in [7, 11) is 0. The molecule has 3 aromatic rings. The summed E-state index contributed by atoms with van der Waals surface area (Å²) in [5, 5.41) is 0. The first kappa shape index (κ1) is 16.1. The molecule has 0 saturated heterocycles. The van der Waals surface area contributed by atoms with Gasteiger partial charge in [0, 0.05) is 11.4 Å². The molecular formula is C21H17N3O2. The van der Waals surface area contributed by atoms with Crippen molar-refractivity contribution in [3.05, 3.63) is 84.9 Å². The van der Waals surface area contributed by atoms with Gasteiger partial charge >= 0.3 is 0 Å². The van der Waals surface area contributed by atoms with E-state index in [1.54, 1.807) is 0 Å². The van der Waals surface area contributed by atoms with Crippen LogP contribution < -0.4 is 15.5 Å². The lowest BCUT2D eigenvalue weighted by Crippen LogP contribution is -2.49. The Hall–Kier alpha value is -3.44. The average Bonchev–Trinajstić information content (AvgIpc) is 2.77. The van der Waals surface area contributed by atoms with Gasteiger partial charge in [0.1, 0.15) is 0 Å². The Morgan fingerprint density at radius 1 is 0.577 bits per heavy atom. The van der Waals surface area contributed by atoms with Gasteiger partial charge in [-0.25, -0.2) is 0 Å². The number of hydrogen-bond donors (Lipinski definition) is 1. The minimum absolute atomic E-state index is 0.452. The zero-order valence-electron chi connectivity index (χ0n) is 13.9. The summed E-state index contributed by atoms with van der Waals surface area (Å²) < 4.78 is 0. The summed E-state index contributed by atoms with van der Waals surface area (Å²) in [4.78, 5) is 29.1. The number of rotatable bonds is 2. The van der Waals surface area contributed by atoms with Crippen molar-refractivity contribution in [2.45, 2.75) is 6.04 Å². The van der Waals surface area contributed by atoms with Crippen molar-refractivity contribution in [2.75, 3.05) is 9.80 Å². The SMILES string of the molecule is NC1C(=O)N(c2ccccc2)c2ccccc2N(c2ccccc2)C1=O. The van der Waals surface area contributed by atoms with Gasteiger partial charge in [-0.05, 0) is 36.4 Å². The summed E-state index contributed by atoms with van der Waals surface area (Å²) in [5.41, 5.74) is 8.65. The van der Waals surface area contributed by atoms with Crippen LogP contribution in [0.25, 0.3) is 0 Å². The Balaban J connectivity index is 1.97. The average molecular weight is 343 g/mol. The summed E-state index contributed by atoms with van der Waals surface area (Å²) in [6, 6.07) is 24.5. The van der Waals surface area contributed by atoms with Crippen molar-refractivity contribution in [3.8, 4) is 0 Å². The Morgan fingerprint density at radius 3 is 1.31 bits per heavy atom. The highest BCUT2D eigenvalue weighted by molar-refractivity contribution is 6.24. The second-order valence-corrected chi connectivity index (χ2v) is 5.98. The first-order valence-corrected chi connectivity index (χ1v) is 8.31. The molecule has 1 aliphatic heterocycles. The smallest absolute Gasteiger partial charge is 0.258 e. The third-order valence-corrected chi connectivity index (χ3v) is 4.37. The van der Waals surface area contributed by atoms with E-state index in [4.69, 9.17) is 5.73 Å². The summed E-state index contributed by atoms with van der Waals surface area (Å²) in [6.45, 7) is 0. The van der Waals surface area contributed by atoms with E-state index < -0.39 is 17.9 Å². The zero-order valence-corrected chi connectivity index (χ0v) is 13.9. The molecular weight excluding hydrogens is 326 g/mol. The maximum absolute atomic E-state index is 13.0. The number of carbonyl (C=O) groups excluding carboxylic acids is 2. The molecule has 0 saturated carbocycles. The van der Waals surface area contributed by atoms with E-state index in [-0.39, 0.29) is 0 Å². The topological polar surface area (TPSA) is 66.6 Å². The molecule has 0 radical (unpaired) electrons. The van der Waals surface area contributed by atoms with Crippen molar-refractivity contribution in [2.24, 2.45) is 5.73 Å². The van der Waals surface area contributed by atoms with Crippen molar-refractivity contribution in [3.63, 3.8) is 0 Å². The molecule has 0 bridgehead atoms. The minimum Gasteiger partial charge on any atom is -0.312 e. The third kappa shape index (κ3) is 2.55. The predicted molar refractivity (Wildman–Crippen MR) is 102 cm³/mol. The highest BCUT2D eigenvalue weighted by Crippen LogP contribution is 2.40. The highest BCUT2D eigenvalue weighted by atomic mass is 16.2. The molecule has 0 atom stereocenters. The molecule has 0 aromatic heterocycles. The second-order valence-electron chi connectivity index (χ2n) is 5.98. The molecule has 4 rings (SSSR count). The Labute approximate surface area is 151 Å². The maximum Gasteiger partial charge on any atom is 0.258 e. The first-order chi connectivity index (χ1) is 12.7. The number of benzene rings is 3. The zero-order chi connectivity index (χ0) is 18.1. The molecule has 0 spiro atoms. The number of nitrogens with two attached hydrogens (primary N) is 1. The molecule has 0 unspecified atom stereocenters. The number of fused-ring (bicyclic) bond motifs is 1. The fourth-order valence-electron chi connectivity index (χ4n) is 3.15. The fraction of sp³-hybridized carbons (Fsp3) is 0.0476. The van der Waals surface area contributed by atoms with Crippen molar-refractivity contribution >= 4 is 34.6 Å². The van der Waals surface area contributed by atoms with E-state index in [0.29, 0.717) is 22.7 Å². The van der Waals surface area contributed by atoms with E-state index in [2.05, 4.69) is 0 Å². The number of nitrogens with zero attached hydrogens (tertiary/aromatic N) is 2. The van der Waals surface area contributed by atoms with Gasteiger partial charge in [0.15, 0.2) is 6.04 Å². The van der Waals surface area contributed by atoms with Crippen LogP contribution in [0.3, 0.4) is 0 Å². The van der Waals surface area contributed by atoms with Gasteiger partial charge in [0.25, 0.3) is 11.8 Å². The molecule has 3 aromatic carbocycles. The van der Waals surface area contributed by atoms with Crippen LogP contribution in [0.2, 0.25) is 0 Å². The van der Waals surface area contributed by atoms with E-state index >= 15 is 0 Å². The predicted octanol–water partition coefficient (Wildman–Crippen LogP) is 3.36. The van der Waals surface area contributed by atoms with Crippen LogP contribution in [0.4, 0.5) is 22.7 Å². The number of hydrogen-bond acceptors (Lipinski definition) is 3. The Bertz CT molecular complexity index is 879. The molecule has 0 aliphatic carbocycles. The van der Waals surface area contributed by atoms with Crippen LogP contribution in [-0.4, -0.2) is 17.9 Å². The van der Waals surface area contributed by atoms with E-state index in [1.165, 1.54) is 9.80 Å². The lowest BCUT2D eigenvalue weighted by molar-refractivity contribution is -0.127. The third-order valence-electron chi connectivity index (χ3n) is 4.37. The van der Waals surface area contributed by atoms with Crippen molar-refractivity contribution in [1.29, 1.82) is 0 Å². The van der Waals surface area contributed by atoms with Crippen molar-refractivity contribution in [1.82, 2.24) is 0 Å². The normalized spacial score (nSPS) is 15.0. The summed E-state index contributed by atoms with van der Waals surface area (Å²) in [6.07, 6.45) is 0. The Kier molecular flexibility index (Phi) is 3.99. The molecule has 5 nitrogen and oxygen atoms in total. The number of anilines is 4. The van der Waals surface area contributed by atoms with Gasteiger partial charge < -0.3 is 5.73 Å². The standard InChI is InChI=1S/C21H17N3O2/c22-19-20(25)23(15-9-3-1-4-10-15)17-13-7-8-14-18(17)24(21(19)26)16-11-5-2-6-12-16/h1-14,19H,22H2. The monoisotopic (exact) mass is 343 g/mol. The fourth-order valence-corrected chi connectivity index (χ4v) is 3.15. The molecule has 1 heterocycles. The van der Waals surface area contributed by atoms with Crippen LogP contribution in [0, 0.1) is 0 Å². The second kappa shape index (κ2) is 6.46. The largest absolute Gasteiger partial charge is 0.312 e. The summed E-state index contributed by atoms with van der Waals surface area (Å²) in [5.74, 6) is -0.904. The lowest BCUT2D eigenvalue weighted by Gasteiger charge is -2.25. The van der Waals surface area contributed by atoms with Gasteiger partial charge in [-0.15, -0.1) is 0 Å². The molecule has 128 valence electrons. The van der Waals surface area contributed by atoms with Crippen molar-refractivity contribution < 1.29 is 9.59 Å². The van der Waals surface area contributed by atoms with Crippen LogP contribution >= 0.6 is 0 Å². The van der Waals surface area contributed by atoms with Gasteiger partial charge in [0.05, 0.1) is 11.4 Å². The minimum atomic E-state index is -1.29. The number of amides is 2. The molecule has 5 heteroatoms. The lowest BCUT2D eigenvalue weighted by atomic mass is 10.2. The molecule has 2 N–H and O–H groups in total. The van der Waals surface area contributed by atoms with Gasteiger partial charge in [-0.1, -0.05) is 48.5 Å². The highest BCUT2D eigenvalue weighted by Gasteiger charge is 2.39.